The van der Waals surface area contributed by atoms with Crippen LogP contribution in [-0.2, 0) is 11.2 Å². The lowest BCUT2D eigenvalue weighted by molar-refractivity contribution is -0.107. The molecule has 0 amide bonds. The molecule has 11 heavy (non-hydrogen) atoms. The quantitative estimate of drug-likeness (QED) is 0.703. The van der Waals surface area contributed by atoms with Gasteiger partial charge in [0.1, 0.15) is 6.29 Å². The van der Waals surface area contributed by atoms with Gasteiger partial charge in [-0.25, -0.2) is 0 Å². The molecule has 3 heteroatoms. The molecule has 2 nitrogen and oxygen atoms in total. The molecule has 1 heterocycles. The molecular formula is C8H8BrNO. The van der Waals surface area contributed by atoms with E-state index in [1.807, 2.05) is 6.92 Å². The highest BCUT2D eigenvalue weighted by atomic mass is 79.9. The lowest BCUT2D eigenvalue weighted by atomic mass is 10.1. The molecule has 0 radical (unpaired) electrons. The maximum absolute atomic E-state index is 10.2. The van der Waals surface area contributed by atoms with Gasteiger partial charge >= 0.3 is 0 Å². The van der Waals surface area contributed by atoms with Crippen LogP contribution in [0.15, 0.2) is 16.9 Å². The number of hydrogen-bond donors (Lipinski definition) is 0. The summed E-state index contributed by atoms with van der Waals surface area (Å²) in [6.45, 7) is 1.96. The molecular weight excluding hydrogens is 206 g/mol. The Kier molecular flexibility index (Phi) is 2.76. The minimum atomic E-state index is 0.443. The molecule has 58 valence electrons. The zero-order chi connectivity index (χ0) is 8.27. The van der Waals surface area contributed by atoms with E-state index in [0.717, 1.165) is 21.9 Å². The number of halogens is 1. The largest absolute Gasteiger partial charge is 0.303 e. The molecule has 0 fully saturated rings. The van der Waals surface area contributed by atoms with Crippen molar-refractivity contribution in [3.05, 3.63) is 28.0 Å². The first kappa shape index (κ1) is 8.40. The highest BCUT2D eigenvalue weighted by Gasteiger charge is 2.00. The Morgan fingerprint density at radius 1 is 1.64 bits per heavy atom. The van der Waals surface area contributed by atoms with Gasteiger partial charge in [-0.3, -0.25) is 4.98 Å². The molecule has 1 rings (SSSR count). The first-order chi connectivity index (χ1) is 5.25. The molecule has 0 aliphatic heterocycles. The molecule has 0 unspecified atom stereocenters. The predicted octanol–water partition coefficient (Wildman–Crippen LogP) is 1.89. The lowest BCUT2D eigenvalue weighted by Crippen LogP contribution is -1.92. The zero-order valence-corrected chi connectivity index (χ0v) is 7.76. The van der Waals surface area contributed by atoms with Crippen LogP contribution in [0.1, 0.15) is 11.1 Å². The van der Waals surface area contributed by atoms with Crippen molar-refractivity contribution in [3.8, 4) is 0 Å². The van der Waals surface area contributed by atoms with E-state index in [9.17, 15) is 4.79 Å². The van der Waals surface area contributed by atoms with Gasteiger partial charge in [-0.1, -0.05) is 0 Å². The third-order valence-electron chi connectivity index (χ3n) is 1.56. The number of pyridine rings is 1. The Balaban J connectivity index is 3.05. The fraction of sp³-hybridized carbons (Fsp3) is 0.250. The fourth-order valence-corrected chi connectivity index (χ4v) is 1.21. The van der Waals surface area contributed by atoms with E-state index in [2.05, 4.69) is 20.9 Å². The summed E-state index contributed by atoms with van der Waals surface area (Å²) in [5.41, 5.74) is 2.07. The van der Waals surface area contributed by atoms with Gasteiger partial charge in [0.05, 0.1) is 0 Å². The van der Waals surface area contributed by atoms with Crippen molar-refractivity contribution in [1.82, 2.24) is 4.98 Å². The molecule has 0 aromatic carbocycles. The van der Waals surface area contributed by atoms with E-state index >= 15 is 0 Å². The summed E-state index contributed by atoms with van der Waals surface area (Å²) in [4.78, 5) is 14.2. The summed E-state index contributed by atoms with van der Waals surface area (Å²) < 4.78 is 0.955. The van der Waals surface area contributed by atoms with Crippen LogP contribution < -0.4 is 0 Å². The molecule has 0 saturated carbocycles. The molecule has 0 spiro atoms. The SMILES string of the molecule is Cc1c(Br)cncc1CC=O. The Bertz CT molecular complexity index is 273. The van der Waals surface area contributed by atoms with Crippen LogP contribution in [0, 0.1) is 6.92 Å². The van der Waals surface area contributed by atoms with Gasteiger partial charge in [-0.15, -0.1) is 0 Å². The monoisotopic (exact) mass is 213 g/mol. The van der Waals surface area contributed by atoms with Crippen molar-refractivity contribution in [2.24, 2.45) is 0 Å². The van der Waals surface area contributed by atoms with Crippen LogP contribution in [0.5, 0.6) is 0 Å². The van der Waals surface area contributed by atoms with Crippen LogP contribution in [0.4, 0.5) is 0 Å². The van der Waals surface area contributed by atoms with E-state index in [1.54, 1.807) is 12.4 Å². The standard InChI is InChI=1S/C8H8BrNO/c1-6-7(2-3-11)4-10-5-8(6)9/h3-5H,2H2,1H3. The first-order valence-electron chi connectivity index (χ1n) is 3.28. The van der Waals surface area contributed by atoms with E-state index in [0.29, 0.717) is 6.42 Å². The molecule has 0 atom stereocenters. The van der Waals surface area contributed by atoms with Gasteiger partial charge in [-0.05, 0) is 34.0 Å². The maximum atomic E-state index is 10.2. The second kappa shape index (κ2) is 3.62. The van der Waals surface area contributed by atoms with Gasteiger partial charge in [0.2, 0.25) is 0 Å². The van der Waals surface area contributed by atoms with Gasteiger partial charge in [0.15, 0.2) is 0 Å². The topological polar surface area (TPSA) is 30.0 Å². The molecule has 1 aromatic rings. The minimum Gasteiger partial charge on any atom is -0.303 e. The van der Waals surface area contributed by atoms with Gasteiger partial charge in [-0.2, -0.15) is 0 Å². The highest BCUT2D eigenvalue weighted by Crippen LogP contribution is 2.17. The summed E-state index contributed by atoms with van der Waals surface area (Å²) in [6, 6.07) is 0. The predicted molar refractivity (Wildman–Crippen MR) is 46.4 cm³/mol. The average molecular weight is 214 g/mol. The molecule has 0 aliphatic carbocycles. The van der Waals surface area contributed by atoms with Crippen molar-refractivity contribution in [2.45, 2.75) is 13.3 Å². The second-order valence-electron chi connectivity index (χ2n) is 2.28. The van der Waals surface area contributed by atoms with E-state index in [-0.39, 0.29) is 0 Å². The third-order valence-corrected chi connectivity index (χ3v) is 2.36. The minimum absolute atomic E-state index is 0.443. The summed E-state index contributed by atoms with van der Waals surface area (Å²) in [5, 5.41) is 0. The Labute approximate surface area is 73.8 Å². The van der Waals surface area contributed by atoms with Gasteiger partial charge < -0.3 is 4.79 Å². The number of hydrogen-bond acceptors (Lipinski definition) is 2. The lowest BCUT2D eigenvalue weighted by Gasteiger charge is -2.01. The Morgan fingerprint density at radius 3 is 3.00 bits per heavy atom. The summed E-state index contributed by atoms with van der Waals surface area (Å²) >= 11 is 3.34. The molecule has 0 N–H and O–H groups in total. The molecule has 0 bridgehead atoms. The van der Waals surface area contributed by atoms with Crippen LogP contribution >= 0.6 is 15.9 Å². The number of nitrogens with zero attached hydrogens (tertiary/aromatic N) is 1. The Hall–Kier alpha value is -0.700. The summed E-state index contributed by atoms with van der Waals surface area (Å²) in [7, 11) is 0. The number of carbonyl (C=O) groups is 1. The smallest absolute Gasteiger partial charge is 0.124 e. The second-order valence-corrected chi connectivity index (χ2v) is 3.13. The number of aromatic nitrogens is 1. The van der Waals surface area contributed by atoms with Gasteiger partial charge in [0, 0.05) is 23.3 Å². The number of aldehydes is 1. The first-order valence-corrected chi connectivity index (χ1v) is 4.07. The van der Waals surface area contributed by atoms with Crippen molar-refractivity contribution < 1.29 is 4.79 Å². The Morgan fingerprint density at radius 2 is 2.36 bits per heavy atom. The number of rotatable bonds is 2. The van der Waals surface area contributed by atoms with Crippen molar-refractivity contribution in [3.63, 3.8) is 0 Å². The number of carbonyl (C=O) groups excluding carboxylic acids is 1. The zero-order valence-electron chi connectivity index (χ0n) is 6.17. The fourth-order valence-electron chi connectivity index (χ4n) is 0.835. The van der Waals surface area contributed by atoms with E-state index < -0.39 is 0 Å². The normalized spacial score (nSPS) is 9.64. The summed E-state index contributed by atoms with van der Waals surface area (Å²) in [5.74, 6) is 0. The molecule has 0 saturated heterocycles. The van der Waals surface area contributed by atoms with Crippen LogP contribution in [-0.4, -0.2) is 11.3 Å². The maximum Gasteiger partial charge on any atom is 0.124 e. The van der Waals surface area contributed by atoms with Crippen LogP contribution in [0.3, 0.4) is 0 Å². The van der Waals surface area contributed by atoms with Crippen LogP contribution in [0.2, 0.25) is 0 Å². The third kappa shape index (κ3) is 1.87. The van der Waals surface area contributed by atoms with Crippen molar-refractivity contribution in [1.29, 1.82) is 0 Å². The van der Waals surface area contributed by atoms with Crippen molar-refractivity contribution in [2.75, 3.05) is 0 Å². The van der Waals surface area contributed by atoms with E-state index in [4.69, 9.17) is 0 Å². The summed E-state index contributed by atoms with van der Waals surface area (Å²) in [6.07, 6.45) is 4.77. The van der Waals surface area contributed by atoms with Crippen molar-refractivity contribution >= 4 is 22.2 Å². The van der Waals surface area contributed by atoms with Gasteiger partial charge in [0.25, 0.3) is 0 Å². The molecule has 1 aromatic heterocycles. The highest BCUT2D eigenvalue weighted by molar-refractivity contribution is 9.10. The van der Waals surface area contributed by atoms with E-state index in [1.165, 1.54) is 0 Å². The average Bonchev–Trinajstić information content (AvgIpc) is 1.99. The molecule has 0 aliphatic rings. The van der Waals surface area contributed by atoms with Crippen LogP contribution in [0.25, 0.3) is 0 Å².